The Kier molecular flexibility index (Phi) is 4.62. The SMILES string of the molecule is COc1cccc([C@@H](C)NC2=NCCCCC2)c1. The molecule has 3 nitrogen and oxygen atoms in total. The van der Waals surface area contributed by atoms with Crippen molar-refractivity contribution in [1.82, 2.24) is 5.32 Å². The van der Waals surface area contributed by atoms with E-state index in [0.29, 0.717) is 0 Å². The molecule has 98 valence electrons. The summed E-state index contributed by atoms with van der Waals surface area (Å²) in [4.78, 5) is 4.61. The largest absolute Gasteiger partial charge is 0.497 e. The Morgan fingerprint density at radius 2 is 2.17 bits per heavy atom. The lowest BCUT2D eigenvalue weighted by Crippen LogP contribution is -2.26. The molecule has 0 radical (unpaired) electrons. The summed E-state index contributed by atoms with van der Waals surface area (Å²) in [6, 6.07) is 8.48. The fourth-order valence-electron chi connectivity index (χ4n) is 2.24. The molecule has 0 aliphatic carbocycles. The van der Waals surface area contributed by atoms with Gasteiger partial charge in [-0.3, -0.25) is 4.99 Å². The van der Waals surface area contributed by atoms with Crippen molar-refractivity contribution in [3.63, 3.8) is 0 Å². The van der Waals surface area contributed by atoms with Gasteiger partial charge in [0.2, 0.25) is 0 Å². The Labute approximate surface area is 109 Å². The lowest BCUT2D eigenvalue weighted by Gasteiger charge is -2.17. The van der Waals surface area contributed by atoms with Crippen molar-refractivity contribution in [2.75, 3.05) is 13.7 Å². The highest BCUT2D eigenvalue weighted by molar-refractivity contribution is 5.82. The first-order chi connectivity index (χ1) is 8.79. The third kappa shape index (κ3) is 3.49. The summed E-state index contributed by atoms with van der Waals surface area (Å²) in [5.41, 5.74) is 1.24. The van der Waals surface area contributed by atoms with Crippen LogP contribution in [0.4, 0.5) is 0 Å². The van der Waals surface area contributed by atoms with Gasteiger partial charge >= 0.3 is 0 Å². The van der Waals surface area contributed by atoms with E-state index >= 15 is 0 Å². The average molecular weight is 246 g/mol. The quantitative estimate of drug-likeness (QED) is 0.887. The molecule has 0 bridgehead atoms. The normalized spacial score (nSPS) is 17.6. The molecule has 0 unspecified atom stereocenters. The summed E-state index contributed by atoms with van der Waals surface area (Å²) >= 11 is 0. The summed E-state index contributed by atoms with van der Waals surface area (Å²) in [6.45, 7) is 3.13. The summed E-state index contributed by atoms with van der Waals surface area (Å²) < 4.78 is 5.26. The van der Waals surface area contributed by atoms with Crippen molar-refractivity contribution in [2.24, 2.45) is 4.99 Å². The molecule has 1 aliphatic heterocycles. The van der Waals surface area contributed by atoms with Gasteiger partial charge in [-0.25, -0.2) is 0 Å². The maximum Gasteiger partial charge on any atom is 0.119 e. The van der Waals surface area contributed by atoms with E-state index in [1.165, 1.54) is 24.8 Å². The Balaban J connectivity index is 2.01. The zero-order chi connectivity index (χ0) is 12.8. The molecule has 1 atom stereocenters. The monoisotopic (exact) mass is 246 g/mol. The zero-order valence-corrected chi connectivity index (χ0v) is 11.3. The number of methoxy groups -OCH3 is 1. The van der Waals surface area contributed by atoms with Crippen molar-refractivity contribution >= 4 is 5.84 Å². The molecule has 0 saturated heterocycles. The standard InChI is InChI=1S/C15H22N2O/c1-12(13-7-6-8-14(11-13)18-2)17-15-9-4-3-5-10-16-15/h6-8,11-12H,3-5,9-10H2,1-2H3,(H,16,17)/t12-/m1/s1. The van der Waals surface area contributed by atoms with Crippen LogP contribution in [0.25, 0.3) is 0 Å². The molecule has 0 aromatic heterocycles. The van der Waals surface area contributed by atoms with Gasteiger partial charge < -0.3 is 10.1 Å². The third-order valence-electron chi connectivity index (χ3n) is 3.35. The second-order valence-corrected chi connectivity index (χ2v) is 4.78. The van der Waals surface area contributed by atoms with E-state index in [0.717, 1.165) is 24.6 Å². The van der Waals surface area contributed by atoms with E-state index in [2.05, 4.69) is 29.4 Å². The fourth-order valence-corrected chi connectivity index (χ4v) is 2.24. The molecule has 1 aromatic carbocycles. The lowest BCUT2D eigenvalue weighted by atomic mass is 10.1. The second-order valence-electron chi connectivity index (χ2n) is 4.78. The van der Waals surface area contributed by atoms with Crippen LogP contribution in [-0.2, 0) is 0 Å². The first-order valence-corrected chi connectivity index (χ1v) is 6.73. The van der Waals surface area contributed by atoms with Crippen LogP contribution in [0.2, 0.25) is 0 Å². The Bertz CT molecular complexity index is 415. The minimum Gasteiger partial charge on any atom is -0.497 e. The summed E-state index contributed by atoms with van der Waals surface area (Å²) in [5.74, 6) is 2.06. The van der Waals surface area contributed by atoms with E-state index in [1.807, 2.05) is 12.1 Å². The molecule has 1 aromatic rings. The number of nitrogens with one attached hydrogen (secondary N) is 1. The van der Waals surface area contributed by atoms with Gasteiger partial charge in [0.15, 0.2) is 0 Å². The van der Waals surface area contributed by atoms with Gasteiger partial charge in [-0.05, 0) is 37.5 Å². The molecule has 0 amide bonds. The zero-order valence-electron chi connectivity index (χ0n) is 11.3. The third-order valence-corrected chi connectivity index (χ3v) is 3.35. The van der Waals surface area contributed by atoms with E-state index in [9.17, 15) is 0 Å². The van der Waals surface area contributed by atoms with Gasteiger partial charge in [-0.15, -0.1) is 0 Å². The van der Waals surface area contributed by atoms with Gasteiger partial charge in [0.25, 0.3) is 0 Å². The molecule has 0 spiro atoms. The molecular weight excluding hydrogens is 224 g/mol. The van der Waals surface area contributed by atoms with E-state index < -0.39 is 0 Å². The smallest absolute Gasteiger partial charge is 0.119 e. The summed E-state index contributed by atoms with van der Waals surface area (Å²) in [5, 5.41) is 3.52. The number of aliphatic imine (C=N–C) groups is 1. The fraction of sp³-hybridized carbons (Fsp3) is 0.533. The van der Waals surface area contributed by atoms with Crippen LogP contribution in [0.1, 0.15) is 44.2 Å². The van der Waals surface area contributed by atoms with Crippen LogP contribution in [0, 0.1) is 0 Å². The first-order valence-electron chi connectivity index (χ1n) is 6.73. The summed E-state index contributed by atoms with van der Waals surface area (Å²) in [6.07, 6.45) is 4.84. The van der Waals surface area contributed by atoms with Crippen LogP contribution in [-0.4, -0.2) is 19.5 Å². The number of ether oxygens (including phenoxy) is 1. The van der Waals surface area contributed by atoms with Crippen molar-refractivity contribution in [3.8, 4) is 5.75 Å². The van der Waals surface area contributed by atoms with Gasteiger partial charge in [-0.1, -0.05) is 18.6 Å². The number of hydrogen-bond donors (Lipinski definition) is 1. The number of amidine groups is 1. The maximum absolute atomic E-state index is 5.26. The minimum absolute atomic E-state index is 0.275. The Hall–Kier alpha value is -1.51. The van der Waals surface area contributed by atoms with Gasteiger partial charge in [0.05, 0.1) is 12.9 Å². The first kappa shape index (κ1) is 12.9. The number of benzene rings is 1. The topological polar surface area (TPSA) is 33.6 Å². The van der Waals surface area contributed by atoms with Crippen molar-refractivity contribution in [3.05, 3.63) is 29.8 Å². The highest BCUT2D eigenvalue weighted by Gasteiger charge is 2.10. The van der Waals surface area contributed by atoms with E-state index in [1.54, 1.807) is 7.11 Å². The molecule has 2 rings (SSSR count). The molecule has 18 heavy (non-hydrogen) atoms. The number of hydrogen-bond acceptors (Lipinski definition) is 3. The molecule has 3 heteroatoms. The van der Waals surface area contributed by atoms with Crippen molar-refractivity contribution in [1.29, 1.82) is 0 Å². The summed E-state index contributed by atoms with van der Waals surface area (Å²) in [7, 11) is 1.70. The van der Waals surface area contributed by atoms with E-state index in [4.69, 9.17) is 4.74 Å². The predicted octanol–water partition coefficient (Wildman–Crippen LogP) is 3.32. The average Bonchev–Trinajstić information content (AvgIpc) is 2.67. The maximum atomic E-state index is 5.26. The van der Waals surface area contributed by atoms with Gasteiger partial charge in [0, 0.05) is 19.0 Å². The minimum atomic E-state index is 0.275. The second kappa shape index (κ2) is 6.43. The molecule has 1 N–H and O–H groups in total. The van der Waals surface area contributed by atoms with Crippen LogP contribution in [0.3, 0.4) is 0 Å². The van der Waals surface area contributed by atoms with Crippen molar-refractivity contribution in [2.45, 2.75) is 38.6 Å². The molecule has 1 aliphatic rings. The molecular formula is C15H22N2O. The molecule has 1 heterocycles. The highest BCUT2D eigenvalue weighted by atomic mass is 16.5. The van der Waals surface area contributed by atoms with Gasteiger partial charge in [0.1, 0.15) is 5.75 Å². The number of nitrogens with zero attached hydrogens (tertiary/aromatic N) is 1. The van der Waals surface area contributed by atoms with Crippen LogP contribution >= 0.6 is 0 Å². The van der Waals surface area contributed by atoms with E-state index in [-0.39, 0.29) is 6.04 Å². The van der Waals surface area contributed by atoms with Crippen molar-refractivity contribution < 1.29 is 4.74 Å². The Morgan fingerprint density at radius 1 is 1.28 bits per heavy atom. The van der Waals surface area contributed by atoms with Crippen LogP contribution in [0.5, 0.6) is 5.75 Å². The highest BCUT2D eigenvalue weighted by Crippen LogP contribution is 2.19. The molecule has 0 saturated carbocycles. The van der Waals surface area contributed by atoms with Crippen LogP contribution < -0.4 is 10.1 Å². The predicted molar refractivity (Wildman–Crippen MR) is 75.3 cm³/mol. The molecule has 0 fully saturated rings. The van der Waals surface area contributed by atoms with Crippen LogP contribution in [0.15, 0.2) is 29.3 Å². The van der Waals surface area contributed by atoms with Gasteiger partial charge in [-0.2, -0.15) is 0 Å². The number of rotatable bonds is 3. The Morgan fingerprint density at radius 3 is 3.00 bits per heavy atom. The lowest BCUT2D eigenvalue weighted by molar-refractivity contribution is 0.413.